The van der Waals surface area contributed by atoms with Crippen LogP contribution >= 0.6 is 0 Å². The Balaban J connectivity index is 2.19. The lowest BCUT2D eigenvalue weighted by molar-refractivity contribution is -0.147. The minimum Gasteiger partial charge on any atom is -0.465 e. The number of esters is 1. The Bertz CT molecular complexity index is 430. The van der Waals surface area contributed by atoms with Gasteiger partial charge in [0, 0.05) is 6.54 Å². The minimum absolute atomic E-state index is 0.0487. The molecule has 1 fully saturated rings. The first-order chi connectivity index (χ1) is 9.11. The lowest BCUT2D eigenvalue weighted by Crippen LogP contribution is -2.29. The van der Waals surface area contributed by atoms with E-state index in [1.54, 1.807) is 0 Å². The third kappa shape index (κ3) is 2.81. The third-order valence-corrected chi connectivity index (χ3v) is 3.78. The first kappa shape index (κ1) is 14.1. The van der Waals surface area contributed by atoms with E-state index in [9.17, 15) is 4.79 Å². The van der Waals surface area contributed by atoms with Crippen molar-refractivity contribution in [3.05, 3.63) is 35.9 Å². The van der Waals surface area contributed by atoms with Crippen molar-refractivity contribution in [2.24, 2.45) is 5.92 Å². The van der Waals surface area contributed by atoms with Gasteiger partial charge in [-0.05, 0) is 38.4 Å². The maximum atomic E-state index is 12.4. The zero-order valence-electron chi connectivity index (χ0n) is 12.1. The highest BCUT2D eigenvalue weighted by atomic mass is 16.5. The summed E-state index contributed by atoms with van der Waals surface area (Å²) in [5.41, 5.74) is 0.698. The second kappa shape index (κ2) is 5.74. The lowest BCUT2D eigenvalue weighted by Gasteiger charge is -2.18. The van der Waals surface area contributed by atoms with Crippen molar-refractivity contribution < 1.29 is 9.53 Å². The van der Waals surface area contributed by atoms with Gasteiger partial charge < -0.3 is 9.64 Å². The van der Waals surface area contributed by atoms with Crippen LogP contribution in [0.3, 0.4) is 0 Å². The molecule has 0 unspecified atom stereocenters. The van der Waals surface area contributed by atoms with Crippen molar-refractivity contribution in [3.63, 3.8) is 0 Å². The predicted octanol–water partition coefficient (Wildman–Crippen LogP) is 2.46. The number of rotatable bonds is 6. The fraction of sp³-hybridized carbons (Fsp3) is 0.562. The standard InChI is InChI=1S/C16H23NO2/c1-4-10-19-15(18)16(11-14(16)12-17(2)3)13-8-6-5-7-9-13/h5-9,14H,4,10-12H2,1-3H3/t14-,16+/m1/s1. The summed E-state index contributed by atoms with van der Waals surface area (Å²) in [6.07, 6.45) is 1.77. The van der Waals surface area contributed by atoms with E-state index in [1.807, 2.05) is 51.4 Å². The van der Waals surface area contributed by atoms with Crippen LogP contribution < -0.4 is 0 Å². The molecule has 0 bridgehead atoms. The Labute approximate surface area is 115 Å². The average Bonchev–Trinajstić information content (AvgIpc) is 3.11. The fourth-order valence-electron chi connectivity index (χ4n) is 2.77. The maximum Gasteiger partial charge on any atom is 0.316 e. The Kier molecular flexibility index (Phi) is 4.25. The number of carbonyl (C=O) groups is 1. The topological polar surface area (TPSA) is 29.5 Å². The smallest absolute Gasteiger partial charge is 0.316 e. The van der Waals surface area contributed by atoms with E-state index in [-0.39, 0.29) is 5.97 Å². The van der Waals surface area contributed by atoms with Gasteiger partial charge in [-0.25, -0.2) is 0 Å². The van der Waals surface area contributed by atoms with Crippen LogP contribution in [-0.2, 0) is 14.9 Å². The van der Waals surface area contributed by atoms with E-state index in [2.05, 4.69) is 4.90 Å². The van der Waals surface area contributed by atoms with Gasteiger partial charge in [0.25, 0.3) is 0 Å². The summed E-state index contributed by atoms with van der Waals surface area (Å²) in [6.45, 7) is 3.46. The van der Waals surface area contributed by atoms with Crippen molar-refractivity contribution in [2.45, 2.75) is 25.2 Å². The molecule has 0 aromatic heterocycles. The van der Waals surface area contributed by atoms with Gasteiger partial charge in [0.1, 0.15) is 0 Å². The quantitative estimate of drug-likeness (QED) is 0.737. The van der Waals surface area contributed by atoms with E-state index >= 15 is 0 Å². The highest BCUT2D eigenvalue weighted by Gasteiger charge is 2.62. The molecule has 2 atom stereocenters. The summed E-state index contributed by atoms with van der Waals surface area (Å²) < 4.78 is 5.43. The van der Waals surface area contributed by atoms with E-state index < -0.39 is 5.41 Å². The maximum absolute atomic E-state index is 12.4. The van der Waals surface area contributed by atoms with E-state index in [0.717, 1.165) is 24.9 Å². The van der Waals surface area contributed by atoms with Crippen molar-refractivity contribution in [1.29, 1.82) is 0 Å². The molecule has 1 aromatic rings. The van der Waals surface area contributed by atoms with E-state index in [0.29, 0.717) is 12.5 Å². The number of carbonyl (C=O) groups excluding carboxylic acids is 1. The van der Waals surface area contributed by atoms with Crippen LogP contribution in [0, 0.1) is 5.92 Å². The minimum atomic E-state index is -0.402. The van der Waals surface area contributed by atoms with Gasteiger partial charge in [-0.15, -0.1) is 0 Å². The molecule has 0 N–H and O–H groups in total. The van der Waals surface area contributed by atoms with Crippen LogP contribution in [0.4, 0.5) is 0 Å². The van der Waals surface area contributed by atoms with Crippen LogP contribution in [0.15, 0.2) is 30.3 Å². The number of hydrogen-bond acceptors (Lipinski definition) is 3. The molecule has 2 rings (SSSR count). The van der Waals surface area contributed by atoms with Crippen LogP contribution in [0.25, 0.3) is 0 Å². The molecule has 0 radical (unpaired) electrons. The molecule has 3 nitrogen and oxygen atoms in total. The SMILES string of the molecule is CCCOC(=O)[C@]1(c2ccccc2)C[C@@H]1CN(C)C. The molecular formula is C16H23NO2. The first-order valence-corrected chi connectivity index (χ1v) is 6.98. The average molecular weight is 261 g/mol. The molecule has 1 aliphatic rings. The summed E-state index contributed by atoms with van der Waals surface area (Å²) in [6, 6.07) is 10.1. The van der Waals surface area contributed by atoms with Gasteiger partial charge >= 0.3 is 5.97 Å². The number of hydrogen-bond donors (Lipinski definition) is 0. The molecule has 1 aromatic carbocycles. The fourth-order valence-corrected chi connectivity index (χ4v) is 2.77. The molecule has 0 saturated heterocycles. The molecule has 1 saturated carbocycles. The summed E-state index contributed by atoms with van der Waals surface area (Å²) in [5, 5.41) is 0. The molecule has 19 heavy (non-hydrogen) atoms. The third-order valence-electron chi connectivity index (χ3n) is 3.78. The van der Waals surface area contributed by atoms with Crippen molar-refractivity contribution >= 4 is 5.97 Å². The second-order valence-corrected chi connectivity index (χ2v) is 5.64. The molecule has 0 amide bonds. The van der Waals surface area contributed by atoms with E-state index in [1.165, 1.54) is 0 Å². The van der Waals surface area contributed by atoms with Crippen molar-refractivity contribution in [1.82, 2.24) is 4.90 Å². The number of nitrogens with zero attached hydrogens (tertiary/aromatic N) is 1. The van der Waals surface area contributed by atoms with Crippen LogP contribution in [0.5, 0.6) is 0 Å². The molecule has 0 spiro atoms. The summed E-state index contributed by atoms with van der Waals surface area (Å²) in [4.78, 5) is 14.6. The van der Waals surface area contributed by atoms with Crippen LogP contribution in [0.2, 0.25) is 0 Å². The summed E-state index contributed by atoms with van der Waals surface area (Å²) in [5.74, 6) is 0.321. The van der Waals surface area contributed by atoms with E-state index in [4.69, 9.17) is 4.74 Å². The molecular weight excluding hydrogens is 238 g/mol. The van der Waals surface area contributed by atoms with Crippen molar-refractivity contribution in [3.8, 4) is 0 Å². The van der Waals surface area contributed by atoms with Crippen LogP contribution in [-0.4, -0.2) is 38.1 Å². The molecule has 0 heterocycles. The van der Waals surface area contributed by atoms with Gasteiger partial charge in [0.15, 0.2) is 0 Å². The Morgan fingerprint density at radius 1 is 1.37 bits per heavy atom. The normalized spacial score (nSPS) is 25.4. The van der Waals surface area contributed by atoms with Gasteiger partial charge in [-0.2, -0.15) is 0 Å². The monoisotopic (exact) mass is 261 g/mol. The second-order valence-electron chi connectivity index (χ2n) is 5.64. The zero-order chi connectivity index (χ0) is 13.9. The highest BCUT2D eigenvalue weighted by molar-refractivity contribution is 5.87. The number of ether oxygens (including phenoxy) is 1. The molecule has 3 heteroatoms. The predicted molar refractivity (Wildman–Crippen MR) is 76.0 cm³/mol. The summed E-state index contributed by atoms with van der Waals surface area (Å²) in [7, 11) is 4.09. The van der Waals surface area contributed by atoms with Crippen molar-refractivity contribution in [2.75, 3.05) is 27.2 Å². The number of benzene rings is 1. The Hall–Kier alpha value is -1.35. The molecule has 1 aliphatic carbocycles. The van der Waals surface area contributed by atoms with Crippen LogP contribution in [0.1, 0.15) is 25.3 Å². The van der Waals surface area contributed by atoms with Gasteiger partial charge in [-0.1, -0.05) is 37.3 Å². The molecule has 104 valence electrons. The Morgan fingerprint density at radius 3 is 2.63 bits per heavy atom. The highest BCUT2D eigenvalue weighted by Crippen LogP contribution is 2.55. The van der Waals surface area contributed by atoms with Gasteiger partial charge in [-0.3, -0.25) is 4.79 Å². The first-order valence-electron chi connectivity index (χ1n) is 6.98. The Morgan fingerprint density at radius 2 is 2.05 bits per heavy atom. The van der Waals surface area contributed by atoms with Gasteiger partial charge in [0.2, 0.25) is 0 Å². The zero-order valence-corrected chi connectivity index (χ0v) is 12.1. The summed E-state index contributed by atoms with van der Waals surface area (Å²) >= 11 is 0. The lowest BCUT2D eigenvalue weighted by atomic mass is 9.93. The van der Waals surface area contributed by atoms with Gasteiger partial charge in [0.05, 0.1) is 12.0 Å². The molecule has 0 aliphatic heterocycles. The largest absolute Gasteiger partial charge is 0.465 e.